The van der Waals surface area contributed by atoms with Gasteiger partial charge in [-0.05, 0) is 198 Å². The molecule has 21 aromatic rings. The van der Waals surface area contributed by atoms with Gasteiger partial charge in [-0.3, -0.25) is 0 Å². The Kier molecular flexibility index (Phi) is 21.3. The van der Waals surface area contributed by atoms with E-state index in [1.54, 1.807) is 24.3 Å². The standard InChI is InChI=1S/C61H43F3N4.C54H37F3N4/c1-38-22-24-41(25-23-38)51-36-47(60-66-58(43-16-6-4-7-17-43)65-59(67-60)44-18-8-5-9-19-44)37-52(42-26-30-48(31-27-42)61(62,63)64)57(51)68-55-32-28-45(49-20-12-10-14-39(49)2)34-53(55)54-35-46(29-33-56(54)68)50-21-13-11-15-40(50)3;1-34-21-23-36(24-22-34)45-32-41(53-59-51(38-14-5-3-6-15-38)58-52(60-53)39-16-7-4-8-17-39)33-46(37-25-28-42(29-26-37)54(55,56)57)50(45)61-48-20-12-11-19-44(48)47-31-40(27-30-49(47)61)43-18-10-9-13-35(43)2/h4-37H,1-3H3;3-33H,1-2H3. The quantitative estimate of drug-likeness (QED) is 0.0951. The minimum Gasteiger partial charge on any atom is -0.308 e. The highest BCUT2D eigenvalue weighted by molar-refractivity contribution is 6.14. The molecule has 4 heterocycles. The molecule has 21 rings (SSSR count). The van der Waals surface area contributed by atoms with Crippen molar-refractivity contribution < 1.29 is 26.3 Å². The van der Waals surface area contributed by atoms with E-state index in [-0.39, 0.29) is 0 Å². The summed E-state index contributed by atoms with van der Waals surface area (Å²) in [5.74, 6) is 2.89. The van der Waals surface area contributed by atoms with Crippen molar-refractivity contribution in [3.63, 3.8) is 0 Å². The molecular formula is C115H80F6N8. The summed E-state index contributed by atoms with van der Waals surface area (Å²) in [4.78, 5) is 30.3. The molecule has 0 aliphatic carbocycles. The molecule has 8 nitrogen and oxygen atoms in total. The first-order valence-corrected chi connectivity index (χ1v) is 42.7. The first-order valence-electron chi connectivity index (χ1n) is 42.7. The van der Waals surface area contributed by atoms with Crippen molar-refractivity contribution in [3.8, 4) is 158 Å². The van der Waals surface area contributed by atoms with E-state index in [9.17, 15) is 26.3 Å². The Balaban J connectivity index is 0.000000163. The van der Waals surface area contributed by atoms with Crippen LogP contribution in [0.2, 0.25) is 0 Å². The summed E-state index contributed by atoms with van der Waals surface area (Å²) in [6.45, 7) is 10.5. The number of nitrogens with zero attached hydrogens (tertiary/aromatic N) is 8. The number of aryl methyl sites for hydroxylation is 5. The zero-order valence-corrected chi connectivity index (χ0v) is 70.9. The van der Waals surface area contributed by atoms with Crippen LogP contribution < -0.4 is 0 Å². The van der Waals surface area contributed by atoms with Gasteiger partial charge >= 0.3 is 12.4 Å². The van der Waals surface area contributed by atoms with Gasteiger partial charge in [-0.25, -0.2) is 29.9 Å². The molecule has 0 saturated heterocycles. The van der Waals surface area contributed by atoms with Gasteiger partial charge in [0, 0.05) is 77.2 Å². The Labute approximate surface area is 742 Å². The van der Waals surface area contributed by atoms with E-state index in [1.165, 1.54) is 16.7 Å². The van der Waals surface area contributed by atoms with E-state index in [0.717, 1.165) is 174 Å². The number of rotatable bonds is 15. The van der Waals surface area contributed by atoms with E-state index in [1.807, 2.05) is 152 Å². The van der Waals surface area contributed by atoms with Crippen LogP contribution in [0.15, 0.2) is 394 Å². The zero-order valence-electron chi connectivity index (χ0n) is 70.9. The van der Waals surface area contributed by atoms with E-state index in [0.29, 0.717) is 62.8 Å². The Morgan fingerprint density at radius 2 is 0.419 bits per heavy atom. The van der Waals surface area contributed by atoms with Gasteiger partial charge in [0.25, 0.3) is 0 Å². The largest absolute Gasteiger partial charge is 0.416 e. The molecule has 14 heteroatoms. The molecule has 0 amide bonds. The summed E-state index contributed by atoms with van der Waals surface area (Å²) in [5, 5.41) is 4.21. The summed E-state index contributed by atoms with van der Waals surface area (Å²) in [7, 11) is 0. The fraction of sp³-hybridized carbons (Fsp3) is 0.0609. The van der Waals surface area contributed by atoms with E-state index in [2.05, 4.69) is 238 Å². The van der Waals surface area contributed by atoms with E-state index in [4.69, 9.17) is 29.9 Å². The van der Waals surface area contributed by atoms with Crippen molar-refractivity contribution in [1.82, 2.24) is 39.0 Å². The van der Waals surface area contributed by atoms with E-state index >= 15 is 0 Å². The van der Waals surface area contributed by atoms with Gasteiger partial charge < -0.3 is 9.13 Å². The van der Waals surface area contributed by atoms with Crippen molar-refractivity contribution in [2.24, 2.45) is 0 Å². The molecule has 0 spiro atoms. The molecule has 0 saturated carbocycles. The van der Waals surface area contributed by atoms with Crippen molar-refractivity contribution in [2.45, 2.75) is 47.0 Å². The molecule has 0 atom stereocenters. The zero-order chi connectivity index (χ0) is 88.2. The van der Waals surface area contributed by atoms with Gasteiger partial charge in [0.1, 0.15) is 0 Å². The number of hydrogen-bond donors (Lipinski definition) is 0. The third-order valence-corrected chi connectivity index (χ3v) is 24.2. The maximum atomic E-state index is 14.3. The number of hydrogen-bond acceptors (Lipinski definition) is 6. The predicted molar refractivity (Wildman–Crippen MR) is 513 cm³/mol. The molecule has 129 heavy (non-hydrogen) atoms. The highest BCUT2D eigenvalue weighted by atomic mass is 19.4. The number of benzene rings is 17. The van der Waals surface area contributed by atoms with Crippen LogP contribution >= 0.6 is 0 Å². The number of alkyl halides is 6. The normalized spacial score (nSPS) is 11.7. The third kappa shape index (κ3) is 16.0. The van der Waals surface area contributed by atoms with Crippen molar-refractivity contribution >= 4 is 43.6 Å². The summed E-state index contributed by atoms with van der Waals surface area (Å²) in [6.07, 6.45) is -9.01. The first kappa shape index (κ1) is 81.3. The summed E-state index contributed by atoms with van der Waals surface area (Å²) >= 11 is 0. The van der Waals surface area contributed by atoms with Crippen molar-refractivity contribution in [1.29, 1.82) is 0 Å². The first-order chi connectivity index (χ1) is 62.8. The Hall–Kier alpha value is -16.1. The van der Waals surface area contributed by atoms with Crippen LogP contribution in [0.3, 0.4) is 0 Å². The molecule has 0 aliphatic rings. The number of para-hydroxylation sites is 1. The monoisotopic (exact) mass is 1690 g/mol. The predicted octanol–water partition coefficient (Wildman–Crippen LogP) is 31.2. The van der Waals surface area contributed by atoms with Crippen LogP contribution in [-0.4, -0.2) is 39.0 Å². The lowest BCUT2D eigenvalue weighted by Gasteiger charge is -2.21. The van der Waals surface area contributed by atoms with Gasteiger partial charge in [-0.1, -0.05) is 314 Å². The second-order valence-corrected chi connectivity index (χ2v) is 32.6. The second-order valence-electron chi connectivity index (χ2n) is 32.6. The topological polar surface area (TPSA) is 87.2 Å². The lowest BCUT2D eigenvalue weighted by Crippen LogP contribution is -2.05. The Bertz CT molecular complexity index is 7610. The van der Waals surface area contributed by atoms with Crippen LogP contribution in [-0.2, 0) is 12.4 Å². The van der Waals surface area contributed by atoms with Crippen LogP contribution in [0.1, 0.15) is 38.9 Å². The molecule has 0 N–H and O–H groups in total. The smallest absolute Gasteiger partial charge is 0.308 e. The summed E-state index contributed by atoms with van der Waals surface area (Å²) in [6, 6.07) is 128. The maximum absolute atomic E-state index is 14.3. The fourth-order valence-corrected chi connectivity index (χ4v) is 17.6. The highest BCUT2D eigenvalue weighted by Crippen LogP contribution is 2.50. The van der Waals surface area contributed by atoms with Gasteiger partial charge in [0.15, 0.2) is 34.9 Å². The minimum absolute atomic E-state index is 0.429. The summed E-state index contributed by atoms with van der Waals surface area (Å²) < 4.78 is 89.6. The number of aromatic nitrogens is 8. The van der Waals surface area contributed by atoms with Gasteiger partial charge in [-0.15, -0.1) is 0 Å². The molecule has 17 aromatic carbocycles. The molecule has 622 valence electrons. The molecule has 4 aromatic heterocycles. The Morgan fingerprint density at radius 1 is 0.186 bits per heavy atom. The average Bonchev–Trinajstić information content (AvgIpc) is 1.60. The molecule has 0 unspecified atom stereocenters. The van der Waals surface area contributed by atoms with Gasteiger partial charge in [0.05, 0.1) is 44.6 Å². The SMILES string of the molecule is Cc1ccc(-c2cc(-c3nc(-c4ccccc4)nc(-c4ccccc4)n3)cc(-c3ccc(C(F)(F)F)cc3)c2-n2c3ccc(-c4ccccc4C)cc3c3cc(-c4ccccc4C)ccc32)cc1.Cc1ccc(-c2cc(-c3nc(-c4ccccc4)nc(-c4ccccc4)n3)cc(-c3ccc(C(F)(F)F)cc3)c2-n2c3ccccc3c3cc(-c4ccccc4C)ccc32)cc1. The summed E-state index contributed by atoms with van der Waals surface area (Å²) in [5.41, 5.74) is 27.3. The lowest BCUT2D eigenvalue weighted by atomic mass is 9.91. The molecule has 0 aliphatic heterocycles. The van der Waals surface area contributed by atoms with Gasteiger partial charge in [0.2, 0.25) is 0 Å². The number of halogens is 6. The fourth-order valence-electron chi connectivity index (χ4n) is 17.6. The second kappa shape index (κ2) is 33.8. The van der Waals surface area contributed by atoms with Crippen LogP contribution in [0.4, 0.5) is 26.3 Å². The third-order valence-electron chi connectivity index (χ3n) is 24.2. The molecular weight excluding hydrogens is 1610 g/mol. The van der Waals surface area contributed by atoms with Crippen LogP contribution in [0, 0.1) is 34.6 Å². The maximum Gasteiger partial charge on any atom is 0.416 e. The van der Waals surface area contributed by atoms with Crippen LogP contribution in [0.5, 0.6) is 0 Å². The molecule has 0 bridgehead atoms. The lowest BCUT2D eigenvalue weighted by molar-refractivity contribution is -0.138. The number of fused-ring (bicyclic) bond motifs is 6. The van der Waals surface area contributed by atoms with E-state index < -0.39 is 23.5 Å². The van der Waals surface area contributed by atoms with Crippen molar-refractivity contribution in [3.05, 3.63) is 433 Å². The van der Waals surface area contributed by atoms with Crippen molar-refractivity contribution in [2.75, 3.05) is 0 Å². The van der Waals surface area contributed by atoms with Crippen LogP contribution in [0.25, 0.3) is 201 Å². The Morgan fingerprint density at radius 3 is 0.705 bits per heavy atom. The average molecular weight is 1690 g/mol. The molecule has 0 fully saturated rings. The highest BCUT2D eigenvalue weighted by Gasteiger charge is 2.33. The minimum atomic E-state index is -4.51. The molecule has 0 radical (unpaired) electrons. The van der Waals surface area contributed by atoms with Gasteiger partial charge in [-0.2, -0.15) is 26.3 Å².